The van der Waals surface area contributed by atoms with Crippen LogP contribution in [0.25, 0.3) is 0 Å². The summed E-state index contributed by atoms with van der Waals surface area (Å²) in [6, 6.07) is 5.55. The number of hydrogen-bond donors (Lipinski definition) is 1. The molecule has 0 aromatic carbocycles. The van der Waals surface area contributed by atoms with Crippen LogP contribution >= 0.6 is 0 Å². The Morgan fingerprint density at radius 1 is 1.16 bits per heavy atom. The predicted octanol–water partition coefficient (Wildman–Crippen LogP) is 3.17. The largest absolute Gasteiger partial charge is 0.459 e. The average molecular weight is 437 g/mol. The van der Waals surface area contributed by atoms with Crippen molar-refractivity contribution in [2.45, 2.75) is 51.5 Å². The molecule has 1 aromatic heterocycles. The summed E-state index contributed by atoms with van der Waals surface area (Å²) in [4.78, 5) is 29.1. The zero-order valence-corrected chi connectivity index (χ0v) is 18.8. The van der Waals surface area contributed by atoms with E-state index in [1.165, 1.54) is 44.8 Å². The van der Waals surface area contributed by atoms with Gasteiger partial charge >= 0.3 is 0 Å². The first-order valence-corrected chi connectivity index (χ1v) is 12.0. The lowest BCUT2D eigenvalue weighted by Gasteiger charge is -2.59. The Kier molecular flexibility index (Phi) is 5.48. The van der Waals surface area contributed by atoms with Crippen LogP contribution < -0.4 is 5.32 Å². The van der Waals surface area contributed by atoms with Gasteiger partial charge in [-0.05, 0) is 80.8 Å². The van der Waals surface area contributed by atoms with E-state index in [0.717, 1.165) is 17.8 Å². The Morgan fingerprint density at radius 2 is 1.78 bits per heavy atom. The summed E-state index contributed by atoms with van der Waals surface area (Å²) < 4.78 is 5.20. The first-order valence-electron chi connectivity index (χ1n) is 12.0. The SMILES string of the molecule is CC(NC(=O)/C(C#N)=C\N1CCN(C(=O)c2ccco2)CC1)C12CC3CC(CC(C3)C1)C2. The summed E-state index contributed by atoms with van der Waals surface area (Å²) in [6.07, 6.45) is 10.9. The molecular formula is C25H32N4O3. The molecule has 0 radical (unpaired) electrons. The highest BCUT2D eigenvalue weighted by Gasteiger charge is 2.53. The Labute approximate surface area is 189 Å². The zero-order chi connectivity index (χ0) is 22.3. The highest BCUT2D eigenvalue weighted by molar-refractivity contribution is 5.97. The number of amides is 2. The molecule has 1 N–H and O–H groups in total. The third-order valence-corrected chi connectivity index (χ3v) is 8.36. The fourth-order valence-electron chi connectivity index (χ4n) is 7.07. The highest BCUT2D eigenvalue weighted by Crippen LogP contribution is 2.61. The number of nitriles is 1. The van der Waals surface area contributed by atoms with Crippen molar-refractivity contribution in [2.24, 2.45) is 23.2 Å². The first-order chi connectivity index (χ1) is 15.5. The van der Waals surface area contributed by atoms with Crippen LogP contribution in [-0.4, -0.2) is 53.8 Å². The van der Waals surface area contributed by atoms with Gasteiger partial charge in [0.25, 0.3) is 11.8 Å². The fraction of sp³-hybridized carbons (Fsp3) is 0.640. The lowest BCUT2D eigenvalue weighted by Crippen LogP contribution is -2.56. The molecule has 2 amide bonds. The smallest absolute Gasteiger partial charge is 0.289 e. The zero-order valence-electron chi connectivity index (χ0n) is 18.8. The quantitative estimate of drug-likeness (QED) is 0.566. The number of rotatable bonds is 5. The van der Waals surface area contributed by atoms with Gasteiger partial charge < -0.3 is 19.5 Å². The molecule has 7 nitrogen and oxygen atoms in total. The maximum atomic E-state index is 13.0. The van der Waals surface area contributed by atoms with E-state index < -0.39 is 0 Å². The minimum absolute atomic E-state index is 0.0860. The summed E-state index contributed by atoms with van der Waals surface area (Å²) in [5, 5.41) is 12.8. The lowest BCUT2D eigenvalue weighted by atomic mass is 9.48. The van der Waals surface area contributed by atoms with Gasteiger partial charge in [-0.1, -0.05) is 0 Å². The molecule has 1 aromatic rings. The van der Waals surface area contributed by atoms with E-state index in [1.54, 1.807) is 23.2 Å². The molecule has 0 spiro atoms. The van der Waals surface area contributed by atoms with Gasteiger partial charge in [-0.2, -0.15) is 5.26 Å². The first kappa shape index (κ1) is 21.1. The second kappa shape index (κ2) is 8.31. The van der Waals surface area contributed by atoms with Crippen molar-refractivity contribution in [3.05, 3.63) is 35.9 Å². The molecule has 1 atom stereocenters. The van der Waals surface area contributed by atoms with Crippen LogP contribution in [-0.2, 0) is 4.79 Å². The van der Waals surface area contributed by atoms with Crippen molar-refractivity contribution in [3.63, 3.8) is 0 Å². The number of furan rings is 1. The summed E-state index contributed by atoms with van der Waals surface area (Å²) in [5.74, 6) is 2.42. The fourth-order valence-corrected chi connectivity index (χ4v) is 7.07. The highest BCUT2D eigenvalue weighted by atomic mass is 16.3. The van der Waals surface area contributed by atoms with Gasteiger partial charge in [0, 0.05) is 38.4 Å². The molecule has 4 aliphatic carbocycles. The van der Waals surface area contributed by atoms with E-state index in [9.17, 15) is 14.9 Å². The third kappa shape index (κ3) is 3.92. The van der Waals surface area contributed by atoms with Crippen LogP contribution in [0.3, 0.4) is 0 Å². The van der Waals surface area contributed by atoms with Crippen LogP contribution in [0.5, 0.6) is 0 Å². The molecule has 32 heavy (non-hydrogen) atoms. The Balaban J connectivity index is 1.18. The molecule has 170 valence electrons. The van der Waals surface area contributed by atoms with E-state index in [4.69, 9.17) is 4.42 Å². The van der Waals surface area contributed by atoms with E-state index in [2.05, 4.69) is 18.3 Å². The minimum atomic E-state index is -0.273. The van der Waals surface area contributed by atoms with Gasteiger partial charge in [0.15, 0.2) is 5.76 Å². The predicted molar refractivity (Wildman–Crippen MR) is 118 cm³/mol. The number of nitrogens with one attached hydrogen (secondary N) is 1. The van der Waals surface area contributed by atoms with Gasteiger partial charge in [-0.15, -0.1) is 0 Å². The van der Waals surface area contributed by atoms with E-state index in [0.29, 0.717) is 31.9 Å². The van der Waals surface area contributed by atoms with Crippen LogP contribution in [0.1, 0.15) is 56.0 Å². The summed E-state index contributed by atoms with van der Waals surface area (Å²) in [6.45, 7) is 4.35. The lowest BCUT2D eigenvalue weighted by molar-refractivity contribution is -0.122. The molecule has 4 saturated carbocycles. The summed E-state index contributed by atoms with van der Waals surface area (Å²) >= 11 is 0. The molecule has 4 bridgehead atoms. The van der Waals surface area contributed by atoms with Gasteiger partial charge in [0.2, 0.25) is 0 Å². The van der Waals surface area contributed by atoms with Crippen molar-refractivity contribution >= 4 is 11.8 Å². The second-order valence-corrected chi connectivity index (χ2v) is 10.4. The van der Waals surface area contributed by atoms with Gasteiger partial charge in [0.05, 0.1) is 6.26 Å². The Hall–Kier alpha value is -2.75. The van der Waals surface area contributed by atoms with Gasteiger partial charge in [-0.25, -0.2) is 0 Å². The number of hydrogen-bond acceptors (Lipinski definition) is 5. The molecule has 5 aliphatic rings. The van der Waals surface area contributed by atoms with Crippen LogP contribution in [0.4, 0.5) is 0 Å². The molecule has 1 aliphatic heterocycles. The van der Waals surface area contributed by atoms with E-state index in [-0.39, 0.29) is 28.8 Å². The molecule has 5 fully saturated rings. The molecule has 6 rings (SSSR count). The maximum absolute atomic E-state index is 13.0. The van der Waals surface area contributed by atoms with E-state index >= 15 is 0 Å². The number of piperazine rings is 1. The number of carbonyl (C=O) groups is 2. The minimum Gasteiger partial charge on any atom is -0.459 e. The normalized spacial score (nSPS) is 32.5. The molecule has 7 heteroatoms. The van der Waals surface area contributed by atoms with E-state index in [1.807, 2.05) is 4.90 Å². The van der Waals surface area contributed by atoms with Crippen LogP contribution in [0, 0.1) is 34.5 Å². The molecule has 1 unspecified atom stereocenters. The topological polar surface area (TPSA) is 89.6 Å². The maximum Gasteiger partial charge on any atom is 0.289 e. The van der Waals surface area contributed by atoms with Gasteiger partial charge in [0.1, 0.15) is 11.6 Å². The Bertz CT molecular complexity index is 902. The molecule has 2 heterocycles. The van der Waals surface area contributed by atoms with Crippen molar-refractivity contribution in [3.8, 4) is 6.07 Å². The molecular weight excluding hydrogens is 404 g/mol. The Morgan fingerprint density at radius 3 is 2.31 bits per heavy atom. The van der Waals surface area contributed by atoms with Gasteiger partial charge in [-0.3, -0.25) is 9.59 Å². The van der Waals surface area contributed by atoms with Crippen LogP contribution in [0.2, 0.25) is 0 Å². The second-order valence-electron chi connectivity index (χ2n) is 10.4. The monoisotopic (exact) mass is 436 g/mol. The van der Waals surface area contributed by atoms with Crippen molar-refractivity contribution in [2.75, 3.05) is 26.2 Å². The summed E-state index contributed by atoms with van der Waals surface area (Å²) in [5.41, 5.74) is 0.357. The molecule has 1 saturated heterocycles. The van der Waals surface area contributed by atoms with Crippen molar-refractivity contribution in [1.82, 2.24) is 15.1 Å². The summed E-state index contributed by atoms with van der Waals surface area (Å²) in [7, 11) is 0. The number of carbonyl (C=O) groups excluding carboxylic acids is 2. The van der Waals surface area contributed by atoms with Crippen molar-refractivity contribution in [1.29, 1.82) is 5.26 Å². The van der Waals surface area contributed by atoms with Crippen LogP contribution in [0.15, 0.2) is 34.6 Å². The number of nitrogens with zero attached hydrogens (tertiary/aromatic N) is 3. The van der Waals surface area contributed by atoms with Crippen molar-refractivity contribution < 1.29 is 14.0 Å². The third-order valence-electron chi connectivity index (χ3n) is 8.36. The average Bonchev–Trinajstić information content (AvgIpc) is 3.31. The standard InChI is InChI=1S/C25H32N4O3/c1-17(25-12-18-9-19(13-25)11-20(10-18)14-25)27-23(30)21(15-26)16-28-4-6-29(7-5-28)24(31)22-3-2-8-32-22/h2-3,8,16-20H,4-7,9-14H2,1H3,(H,27,30)/b21-16-.